The minimum atomic E-state index is -1.40. The molecule has 10 heteroatoms. The maximum Gasteiger partial charge on any atom is 0.329 e. The number of carbonyl (C=O) groups is 3. The lowest BCUT2D eigenvalue weighted by Gasteiger charge is -2.14. The van der Waals surface area contributed by atoms with Crippen LogP contribution >= 0.6 is 11.6 Å². The van der Waals surface area contributed by atoms with E-state index in [1.54, 1.807) is 6.92 Å². The van der Waals surface area contributed by atoms with E-state index < -0.39 is 24.4 Å². The van der Waals surface area contributed by atoms with Crippen molar-refractivity contribution in [3.05, 3.63) is 22.7 Å². The van der Waals surface area contributed by atoms with Crippen LogP contribution in [0.3, 0.4) is 0 Å². The normalized spacial score (nSPS) is 10.4. The highest BCUT2D eigenvalue weighted by atomic mass is 35.5. The highest BCUT2D eigenvalue weighted by Gasteiger charge is 2.13. The molecule has 1 aromatic rings. The van der Waals surface area contributed by atoms with Crippen LogP contribution < -0.4 is 25.3 Å². The first-order chi connectivity index (χ1) is 12.4. The van der Waals surface area contributed by atoms with E-state index in [4.69, 9.17) is 21.1 Å². The maximum absolute atomic E-state index is 11.5. The van der Waals surface area contributed by atoms with E-state index in [1.807, 2.05) is 6.92 Å². The van der Waals surface area contributed by atoms with Crippen LogP contribution in [0.15, 0.2) is 17.2 Å². The number of rotatable bonds is 9. The van der Waals surface area contributed by atoms with Crippen LogP contribution in [0, 0.1) is 0 Å². The van der Waals surface area contributed by atoms with Crippen molar-refractivity contribution in [3.63, 3.8) is 0 Å². The van der Waals surface area contributed by atoms with Gasteiger partial charge in [-0.25, -0.2) is 5.43 Å². The summed E-state index contributed by atoms with van der Waals surface area (Å²) >= 11 is 6.07. The van der Waals surface area contributed by atoms with Crippen LogP contribution in [-0.2, 0) is 14.4 Å². The summed E-state index contributed by atoms with van der Waals surface area (Å²) in [6.45, 7) is 3.57. The summed E-state index contributed by atoms with van der Waals surface area (Å²) in [5.41, 5.74) is 2.52. The second-order valence-electron chi connectivity index (χ2n) is 4.88. The molecule has 0 saturated heterocycles. The number of ether oxygens (including phenoxy) is 2. The highest BCUT2D eigenvalue weighted by Crippen LogP contribution is 2.36. The molecule has 0 spiro atoms. The van der Waals surface area contributed by atoms with Crippen molar-refractivity contribution in [1.82, 2.24) is 10.7 Å². The first-order valence-electron chi connectivity index (χ1n) is 7.79. The van der Waals surface area contributed by atoms with Crippen LogP contribution in [0.2, 0.25) is 5.02 Å². The van der Waals surface area contributed by atoms with Crippen molar-refractivity contribution >= 4 is 35.6 Å². The summed E-state index contributed by atoms with van der Waals surface area (Å²) in [4.78, 5) is 33.4. The zero-order valence-electron chi connectivity index (χ0n) is 14.3. The Morgan fingerprint density at radius 1 is 1.23 bits per heavy atom. The van der Waals surface area contributed by atoms with Gasteiger partial charge in [0.2, 0.25) is 0 Å². The number of benzene rings is 1. The maximum atomic E-state index is 11.5. The molecule has 0 aliphatic rings. The number of nitrogens with zero attached hydrogens (tertiary/aromatic N) is 1. The number of nitrogens with one attached hydrogen (secondary N) is 2. The molecule has 1 rings (SSSR count). The third-order valence-corrected chi connectivity index (χ3v) is 3.07. The van der Waals surface area contributed by atoms with Gasteiger partial charge in [-0.3, -0.25) is 9.59 Å². The Kier molecular flexibility index (Phi) is 8.93. The third-order valence-electron chi connectivity index (χ3n) is 2.79. The van der Waals surface area contributed by atoms with Gasteiger partial charge in [-0.05, 0) is 31.0 Å². The molecular weight excluding hydrogens is 366 g/mol. The number of aliphatic carboxylic acids is 1. The summed E-state index contributed by atoms with van der Waals surface area (Å²) < 4.78 is 10.4. The van der Waals surface area contributed by atoms with Crippen LogP contribution in [-0.4, -0.2) is 43.8 Å². The Labute approximate surface area is 155 Å². The van der Waals surface area contributed by atoms with E-state index in [-0.39, 0.29) is 23.1 Å². The minimum absolute atomic E-state index is 0.0536. The van der Waals surface area contributed by atoms with Crippen LogP contribution in [0.1, 0.15) is 25.8 Å². The molecule has 0 heterocycles. The molecule has 1 aromatic carbocycles. The molecule has 0 atom stereocenters. The molecule has 0 aromatic heterocycles. The second kappa shape index (κ2) is 10.9. The summed E-state index contributed by atoms with van der Waals surface area (Å²) in [6.07, 6.45) is 1.95. The Morgan fingerprint density at radius 3 is 2.58 bits per heavy atom. The van der Waals surface area contributed by atoms with Gasteiger partial charge >= 0.3 is 11.8 Å². The van der Waals surface area contributed by atoms with Gasteiger partial charge in [0.25, 0.3) is 0 Å². The number of carboxylic acid groups (broad SMARTS) is 1. The molecule has 0 radical (unpaired) electrons. The van der Waals surface area contributed by atoms with Crippen molar-refractivity contribution in [3.8, 4) is 11.5 Å². The van der Waals surface area contributed by atoms with Gasteiger partial charge in [-0.1, -0.05) is 18.5 Å². The quantitative estimate of drug-likeness (QED) is 0.346. The van der Waals surface area contributed by atoms with E-state index in [2.05, 4.69) is 15.8 Å². The lowest BCUT2D eigenvalue weighted by molar-refractivity contribution is -0.307. The van der Waals surface area contributed by atoms with Crippen LogP contribution in [0.25, 0.3) is 0 Å². The SMILES string of the molecule is CCCNC(=O)C(=O)N/N=C\c1cc(Cl)c(OCC(=O)[O-])c(OCC)c1. The number of carboxylic acids is 1. The van der Waals surface area contributed by atoms with Crippen LogP contribution in [0.4, 0.5) is 0 Å². The standard InChI is InChI=1S/C16H20ClN3O6/c1-3-5-18-15(23)16(24)20-19-8-10-6-11(17)14(26-9-13(21)22)12(7-10)25-4-2/h6-8H,3-5,9H2,1-2H3,(H,18,23)(H,20,24)(H,21,22)/p-1/b19-8-. The zero-order valence-corrected chi connectivity index (χ0v) is 15.1. The third kappa shape index (κ3) is 6.98. The number of hydrogen-bond acceptors (Lipinski definition) is 7. The van der Waals surface area contributed by atoms with Gasteiger partial charge in [0.15, 0.2) is 11.5 Å². The largest absolute Gasteiger partial charge is 0.546 e. The summed E-state index contributed by atoms with van der Waals surface area (Å²) in [7, 11) is 0. The Morgan fingerprint density at radius 2 is 1.96 bits per heavy atom. The fourth-order valence-electron chi connectivity index (χ4n) is 1.73. The average Bonchev–Trinajstić information content (AvgIpc) is 2.58. The van der Waals surface area contributed by atoms with Crippen molar-refractivity contribution in [1.29, 1.82) is 0 Å². The van der Waals surface area contributed by atoms with Gasteiger partial charge in [-0.2, -0.15) is 5.10 Å². The Balaban J connectivity index is 2.84. The van der Waals surface area contributed by atoms with Gasteiger partial charge in [0.05, 0.1) is 23.8 Å². The van der Waals surface area contributed by atoms with Crippen molar-refractivity contribution in [2.24, 2.45) is 5.10 Å². The van der Waals surface area contributed by atoms with Crippen molar-refractivity contribution in [2.45, 2.75) is 20.3 Å². The summed E-state index contributed by atoms with van der Waals surface area (Å²) in [5.74, 6) is -2.84. The van der Waals surface area contributed by atoms with Crippen molar-refractivity contribution in [2.75, 3.05) is 19.8 Å². The lowest BCUT2D eigenvalue weighted by Crippen LogP contribution is -2.38. The molecule has 0 aliphatic carbocycles. The van der Waals surface area contributed by atoms with E-state index in [1.165, 1.54) is 18.3 Å². The number of hydrogen-bond donors (Lipinski definition) is 2. The van der Waals surface area contributed by atoms with Gasteiger partial charge in [-0.15, -0.1) is 0 Å². The van der Waals surface area contributed by atoms with Crippen LogP contribution in [0.5, 0.6) is 11.5 Å². The molecule has 0 fully saturated rings. The van der Waals surface area contributed by atoms with Gasteiger partial charge < -0.3 is 24.7 Å². The molecule has 0 aliphatic heterocycles. The van der Waals surface area contributed by atoms with E-state index in [0.717, 1.165) is 0 Å². The molecule has 2 amide bonds. The first-order valence-corrected chi connectivity index (χ1v) is 8.17. The Hall–Kier alpha value is -2.81. The predicted octanol–water partition coefficient (Wildman–Crippen LogP) is -0.156. The topological polar surface area (TPSA) is 129 Å². The summed E-state index contributed by atoms with van der Waals surface area (Å²) in [5, 5.41) is 16.7. The van der Waals surface area contributed by atoms with Crippen molar-refractivity contribution < 1.29 is 29.0 Å². The number of amides is 2. The fraction of sp³-hybridized carbons (Fsp3) is 0.375. The fourth-order valence-corrected chi connectivity index (χ4v) is 2.01. The zero-order chi connectivity index (χ0) is 19.5. The molecule has 9 nitrogen and oxygen atoms in total. The van der Waals surface area contributed by atoms with Gasteiger partial charge in [0.1, 0.15) is 6.61 Å². The lowest BCUT2D eigenvalue weighted by atomic mass is 10.2. The number of halogens is 1. The predicted molar refractivity (Wildman–Crippen MR) is 92.2 cm³/mol. The molecular formula is C16H19ClN3O6-. The van der Waals surface area contributed by atoms with E-state index in [0.29, 0.717) is 18.5 Å². The number of carbonyl (C=O) groups excluding carboxylic acids is 3. The molecule has 142 valence electrons. The molecule has 26 heavy (non-hydrogen) atoms. The minimum Gasteiger partial charge on any atom is -0.546 e. The first kappa shape index (κ1) is 21.2. The smallest absolute Gasteiger partial charge is 0.329 e. The Bertz CT molecular complexity index is 693. The summed E-state index contributed by atoms with van der Waals surface area (Å²) in [6, 6.07) is 2.92. The number of hydrazone groups is 1. The second-order valence-corrected chi connectivity index (χ2v) is 5.29. The van der Waals surface area contributed by atoms with E-state index in [9.17, 15) is 19.5 Å². The monoisotopic (exact) mass is 384 g/mol. The molecule has 0 bridgehead atoms. The average molecular weight is 385 g/mol. The molecule has 2 N–H and O–H groups in total. The highest BCUT2D eigenvalue weighted by molar-refractivity contribution is 6.35. The molecule has 0 saturated carbocycles. The van der Waals surface area contributed by atoms with Gasteiger partial charge in [0, 0.05) is 6.54 Å². The molecule has 0 unspecified atom stereocenters. The van der Waals surface area contributed by atoms with E-state index >= 15 is 0 Å².